The van der Waals surface area contributed by atoms with Crippen LogP contribution < -0.4 is 14.8 Å². The first kappa shape index (κ1) is 18.4. The number of thiazole rings is 1. The molecule has 1 N–H and O–H groups in total. The number of nitrogens with one attached hydrogen (secondary N) is 1. The Bertz CT molecular complexity index is 927. The van der Waals surface area contributed by atoms with Crippen LogP contribution in [0.3, 0.4) is 0 Å². The van der Waals surface area contributed by atoms with Crippen molar-refractivity contribution in [3.63, 3.8) is 0 Å². The first-order valence-corrected chi connectivity index (χ1v) is 9.48. The van der Waals surface area contributed by atoms with Crippen molar-refractivity contribution in [2.45, 2.75) is 6.42 Å². The molecule has 7 heteroatoms. The second-order valence-electron chi connectivity index (χ2n) is 5.46. The molecule has 1 heterocycles. The maximum Gasteiger partial charge on any atom is 0.230 e. The summed E-state index contributed by atoms with van der Waals surface area (Å²) in [5.41, 5.74) is 2.66. The van der Waals surface area contributed by atoms with Gasteiger partial charge in [-0.1, -0.05) is 34.1 Å². The SMILES string of the molecule is COc1ccc(CC(=O)Nc2nc(-c3cccc(Br)c3)cs2)cc1OC. The van der Waals surface area contributed by atoms with E-state index < -0.39 is 0 Å². The fourth-order valence-electron chi connectivity index (χ4n) is 2.45. The molecule has 0 unspecified atom stereocenters. The van der Waals surface area contributed by atoms with Gasteiger partial charge in [-0.3, -0.25) is 4.79 Å². The fraction of sp³-hybridized carbons (Fsp3) is 0.158. The summed E-state index contributed by atoms with van der Waals surface area (Å²) in [5.74, 6) is 1.10. The van der Waals surface area contributed by atoms with Crippen LogP contribution in [0.1, 0.15) is 5.56 Å². The van der Waals surface area contributed by atoms with E-state index in [-0.39, 0.29) is 12.3 Å². The van der Waals surface area contributed by atoms with Crippen molar-refractivity contribution >= 4 is 38.3 Å². The Morgan fingerprint density at radius 1 is 1.15 bits per heavy atom. The standard InChI is InChI=1S/C19H17BrN2O3S/c1-24-16-7-6-12(8-17(16)25-2)9-18(23)22-19-21-15(11-26-19)13-4-3-5-14(20)10-13/h3-8,10-11H,9H2,1-2H3,(H,21,22,23). The molecule has 0 aliphatic carbocycles. The molecule has 134 valence electrons. The topological polar surface area (TPSA) is 60.5 Å². The zero-order valence-corrected chi connectivity index (χ0v) is 16.7. The Morgan fingerprint density at radius 3 is 2.69 bits per heavy atom. The summed E-state index contributed by atoms with van der Waals surface area (Å²) >= 11 is 4.85. The van der Waals surface area contributed by atoms with Gasteiger partial charge in [-0.05, 0) is 29.8 Å². The first-order valence-electron chi connectivity index (χ1n) is 7.81. The summed E-state index contributed by atoms with van der Waals surface area (Å²) in [5, 5.41) is 5.34. The number of amides is 1. The van der Waals surface area contributed by atoms with Crippen LogP contribution in [-0.2, 0) is 11.2 Å². The summed E-state index contributed by atoms with van der Waals surface area (Å²) in [4.78, 5) is 16.8. The van der Waals surface area contributed by atoms with Gasteiger partial charge in [0.05, 0.1) is 26.3 Å². The minimum atomic E-state index is -0.132. The van der Waals surface area contributed by atoms with Crippen molar-refractivity contribution in [2.75, 3.05) is 19.5 Å². The molecule has 0 aliphatic rings. The van der Waals surface area contributed by atoms with Crippen molar-refractivity contribution in [1.29, 1.82) is 0 Å². The highest BCUT2D eigenvalue weighted by molar-refractivity contribution is 9.10. The number of halogens is 1. The number of ether oxygens (including phenoxy) is 2. The van der Waals surface area contributed by atoms with Crippen LogP contribution in [0.4, 0.5) is 5.13 Å². The molecule has 3 aromatic rings. The minimum Gasteiger partial charge on any atom is -0.493 e. The molecular formula is C19H17BrN2O3S. The van der Waals surface area contributed by atoms with Crippen LogP contribution in [0.2, 0.25) is 0 Å². The molecule has 0 aliphatic heterocycles. The summed E-state index contributed by atoms with van der Waals surface area (Å²) in [6.07, 6.45) is 0.228. The number of nitrogens with zero attached hydrogens (tertiary/aromatic N) is 1. The summed E-state index contributed by atoms with van der Waals surface area (Å²) < 4.78 is 11.5. The number of carbonyl (C=O) groups excluding carboxylic acids is 1. The summed E-state index contributed by atoms with van der Waals surface area (Å²) in [7, 11) is 3.15. The molecule has 0 fully saturated rings. The third-order valence-corrected chi connectivity index (χ3v) is 4.93. The van der Waals surface area contributed by atoms with Crippen molar-refractivity contribution in [3.05, 3.63) is 57.9 Å². The number of methoxy groups -OCH3 is 2. The van der Waals surface area contributed by atoms with E-state index in [1.807, 2.05) is 35.7 Å². The number of rotatable bonds is 6. The molecule has 3 rings (SSSR count). The third-order valence-electron chi connectivity index (χ3n) is 3.68. The van der Waals surface area contributed by atoms with Gasteiger partial charge in [0.1, 0.15) is 0 Å². The average Bonchev–Trinajstić information content (AvgIpc) is 3.10. The van der Waals surface area contributed by atoms with E-state index in [9.17, 15) is 4.79 Å². The van der Waals surface area contributed by atoms with Crippen LogP contribution in [0.15, 0.2) is 52.3 Å². The number of anilines is 1. The Balaban J connectivity index is 1.67. The molecule has 0 spiro atoms. The molecule has 0 bridgehead atoms. The van der Waals surface area contributed by atoms with Gasteiger partial charge in [-0.2, -0.15) is 0 Å². The van der Waals surface area contributed by atoms with Crippen LogP contribution >= 0.6 is 27.3 Å². The Labute approximate surface area is 164 Å². The van der Waals surface area contributed by atoms with Crippen LogP contribution in [0.25, 0.3) is 11.3 Å². The van der Waals surface area contributed by atoms with Crippen LogP contribution in [0, 0.1) is 0 Å². The van der Waals surface area contributed by atoms with Gasteiger partial charge in [0.25, 0.3) is 0 Å². The van der Waals surface area contributed by atoms with Crippen LogP contribution in [-0.4, -0.2) is 25.1 Å². The highest BCUT2D eigenvalue weighted by Crippen LogP contribution is 2.29. The van der Waals surface area contributed by atoms with Crippen molar-refractivity contribution < 1.29 is 14.3 Å². The second kappa shape index (κ2) is 8.33. The van der Waals surface area contributed by atoms with Gasteiger partial charge >= 0.3 is 0 Å². The van der Waals surface area contributed by atoms with Gasteiger partial charge in [-0.25, -0.2) is 4.98 Å². The molecule has 0 saturated heterocycles. The van der Waals surface area contributed by atoms with E-state index in [2.05, 4.69) is 26.2 Å². The number of carbonyl (C=O) groups is 1. The fourth-order valence-corrected chi connectivity index (χ4v) is 3.59. The predicted molar refractivity (Wildman–Crippen MR) is 107 cm³/mol. The zero-order valence-electron chi connectivity index (χ0n) is 14.3. The van der Waals surface area contributed by atoms with Gasteiger partial charge < -0.3 is 14.8 Å². The van der Waals surface area contributed by atoms with Gasteiger partial charge in [-0.15, -0.1) is 11.3 Å². The average molecular weight is 433 g/mol. The first-order chi connectivity index (χ1) is 12.6. The second-order valence-corrected chi connectivity index (χ2v) is 7.24. The van der Waals surface area contributed by atoms with Gasteiger partial charge in [0.2, 0.25) is 5.91 Å². The lowest BCUT2D eigenvalue weighted by molar-refractivity contribution is -0.115. The number of hydrogen-bond acceptors (Lipinski definition) is 5. The lowest BCUT2D eigenvalue weighted by Crippen LogP contribution is -2.14. The maximum atomic E-state index is 12.3. The molecule has 0 radical (unpaired) electrons. The molecule has 0 saturated carbocycles. The van der Waals surface area contributed by atoms with E-state index in [1.165, 1.54) is 11.3 Å². The van der Waals surface area contributed by atoms with Crippen molar-refractivity contribution in [1.82, 2.24) is 4.98 Å². The number of benzene rings is 2. The quantitative estimate of drug-likeness (QED) is 0.609. The molecule has 5 nitrogen and oxygen atoms in total. The van der Waals surface area contributed by atoms with Gasteiger partial charge in [0.15, 0.2) is 16.6 Å². The highest BCUT2D eigenvalue weighted by Gasteiger charge is 2.11. The molecular weight excluding hydrogens is 416 g/mol. The lowest BCUT2D eigenvalue weighted by atomic mass is 10.1. The van der Waals surface area contributed by atoms with Crippen molar-refractivity contribution in [2.24, 2.45) is 0 Å². The maximum absolute atomic E-state index is 12.3. The zero-order chi connectivity index (χ0) is 18.5. The Hall–Kier alpha value is -2.38. The number of hydrogen-bond donors (Lipinski definition) is 1. The molecule has 0 atom stereocenters. The smallest absolute Gasteiger partial charge is 0.230 e. The summed E-state index contributed by atoms with van der Waals surface area (Å²) in [6, 6.07) is 13.3. The molecule has 2 aromatic carbocycles. The monoisotopic (exact) mass is 432 g/mol. The highest BCUT2D eigenvalue weighted by atomic mass is 79.9. The molecule has 1 amide bonds. The molecule has 26 heavy (non-hydrogen) atoms. The predicted octanol–water partition coefficient (Wildman–Crippen LogP) is 4.77. The lowest BCUT2D eigenvalue weighted by Gasteiger charge is -2.09. The Kier molecular flexibility index (Phi) is 5.90. The third kappa shape index (κ3) is 4.42. The summed E-state index contributed by atoms with van der Waals surface area (Å²) in [6.45, 7) is 0. The van der Waals surface area contributed by atoms with Crippen LogP contribution in [0.5, 0.6) is 11.5 Å². The molecule has 1 aromatic heterocycles. The minimum absolute atomic E-state index is 0.132. The van der Waals surface area contributed by atoms with Crippen molar-refractivity contribution in [3.8, 4) is 22.8 Å². The van der Waals surface area contributed by atoms with E-state index in [0.29, 0.717) is 16.6 Å². The van der Waals surface area contributed by atoms with E-state index in [1.54, 1.807) is 26.4 Å². The van der Waals surface area contributed by atoms with E-state index >= 15 is 0 Å². The number of aromatic nitrogens is 1. The Morgan fingerprint density at radius 2 is 1.96 bits per heavy atom. The van der Waals surface area contributed by atoms with E-state index in [0.717, 1.165) is 21.3 Å². The van der Waals surface area contributed by atoms with Gasteiger partial charge in [0, 0.05) is 15.4 Å². The van der Waals surface area contributed by atoms with E-state index in [4.69, 9.17) is 9.47 Å². The normalized spacial score (nSPS) is 10.4. The largest absolute Gasteiger partial charge is 0.493 e.